The summed E-state index contributed by atoms with van der Waals surface area (Å²) in [6.07, 6.45) is 1.50. The highest BCUT2D eigenvalue weighted by Gasteiger charge is 2.26. The third-order valence-electron chi connectivity index (χ3n) is 5.57. The fourth-order valence-corrected chi connectivity index (χ4v) is 6.23. The molecule has 1 N–H and O–H groups in total. The number of nitro benzene ring substituents is 1. The highest BCUT2D eigenvalue weighted by molar-refractivity contribution is 8.04. The number of methoxy groups -OCH3 is 3. The SMILES string of the molecule is COc1ccc(/C=C2/Sc3cc(S(=O)(=O)Cc4c(OC)cccc4OC)ccc3NC2=O)cc1[N+](=O)[O-]. The van der Waals surface area contributed by atoms with E-state index in [0.29, 0.717) is 33.2 Å². The molecule has 0 aliphatic carbocycles. The summed E-state index contributed by atoms with van der Waals surface area (Å²) in [5, 5.41) is 14.1. The van der Waals surface area contributed by atoms with E-state index in [0.717, 1.165) is 11.8 Å². The van der Waals surface area contributed by atoms with Crippen LogP contribution in [-0.2, 0) is 20.4 Å². The molecule has 1 aliphatic rings. The molecule has 0 saturated carbocycles. The molecule has 1 amide bonds. The van der Waals surface area contributed by atoms with Crippen LogP contribution in [0.4, 0.5) is 11.4 Å². The van der Waals surface area contributed by atoms with Gasteiger partial charge in [0, 0.05) is 11.0 Å². The predicted molar refractivity (Wildman–Crippen MR) is 139 cm³/mol. The maximum Gasteiger partial charge on any atom is 0.311 e. The Labute approximate surface area is 217 Å². The quantitative estimate of drug-likeness (QED) is 0.245. The number of anilines is 1. The number of carbonyl (C=O) groups excluding carboxylic acids is 1. The molecule has 4 rings (SSSR count). The molecule has 0 bridgehead atoms. The van der Waals surface area contributed by atoms with Gasteiger partial charge in [0.25, 0.3) is 5.91 Å². The van der Waals surface area contributed by atoms with E-state index in [4.69, 9.17) is 14.2 Å². The van der Waals surface area contributed by atoms with E-state index in [1.165, 1.54) is 57.7 Å². The second-order valence-corrected chi connectivity index (χ2v) is 10.9. The molecule has 10 nitrogen and oxygen atoms in total. The fourth-order valence-electron chi connectivity index (χ4n) is 3.76. The number of sulfone groups is 1. The number of nitrogens with zero attached hydrogens (tertiary/aromatic N) is 1. The van der Waals surface area contributed by atoms with Crippen molar-refractivity contribution in [1.82, 2.24) is 0 Å². The van der Waals surface area contributed by atoms with Crippen molar-refractivity contribution < 1.29 is 32.3 Å². The van der Waals surface area contributed by atoms with Gasteiger partial charge in [0.05, 0.1) is 53.1 Å². The van der Waals surface area contributed by atoms with Gasteiger partial charge in [0.1, 0.15) is 11.5 Å². The fraction of sp³-hybridized carbons (Fsp3) is 0.160. The van der Waals surface area contributed by atoms with Gasteiger partial charge in [-0.2, -0.15) is 0 Å². The Balaban J connectivity index is 1.67. The lowest BCUT2D eigenvalue weighted by Crippen LogP contribution is -2.18. The molecule has 1 aliphatic heterocycles. The van der Waals surface area contributed by atoms with Gasteiger partial charge in [-0.25, -0.2) is 8.42 Å². The first kappa shape index (κ1) is 26.0. The molecule has 0 unspecified atom stereocenters. The van der Waals surface area contributed by atoms with Crippen molar-refractivity contribution in [3.05, 3.63) is 80.7 Å². The minimum absolute atomic E-state index is 0.0577. The Bertz CT molecular complexity index is 1510. The van der Waals surface area contributed by atoms with Crippen LogP contribution in [0, 0.1) is 10.1 Å². The molecule has 0 fully saturated rings. The van der Waals surface area contributed by atoms with Gasteiger partial charge < -0.3 is 19.5 Å². The van der Waals surface area contributed by atoms with Crippen molar-refractivity contribution in [1.29, 1.82) is 0 Å². The summed E-state index contributed by atoms with van der Waals surface area (Å²) in [5.41, 5.74) is 1.04. The zero-order valence-corrected chi connectivity index (χ0v) is 21.6. The molecule has 3 aromatic carbocycles. The van der Waals surface area contributed by atoms with Crippen LogP contribution >= 0.6 is 11.8 Å². The van der Waals surface area contributed by atoms with Crippen LogP contribution < -0.4 is 19.5 Å². The minimum Gasteiger partial charge on any atom is -0.496 e. The molecule has 0 aromatic heterocycles. The van der Waals surface area contributed by atoms with E-state index in [9.17, 15) is 23.3 Å². The zero-order valence-electron chi connectivity index (χ0n) is 20.0. The molecular formula is C25H22N2O8S2. The van der Waals surface area contributed by atoms with Crippen LogP contribution in [0.5, 0.6) is 17.2 Å². The Morgan fingerprint density at radius 3 is 2.27 bits per heavy atom. The number of benzene rings is 3. The van der Waals surface area contributed by atoms with Crippen LogP contribution in [0.2, 0.25) is 0 Å². The van der Waals surface area contributed by atoms with E-state index in [1.807, 2.05) is 0 Å². The molecule has 0 atom stereocenters. The number of nitro groups is 1. The van der Waals surface area contributed by atoms with Gasteiger partial charge >= 0.3 is 5.69 Å². The number of nitrogens with one attached hydrogen (secondary N) is 1. The highest BCUT2D eigenvalue weighted by Crippen LogP contribution is 2.41. The highest BCUT2D eigenvalue weighted by atomic mass is 32.2. The topological polar surface area (TPSA) is 134 Å². The maximum absolute atomic E-state index is 13.3. The normalized spacial score (nSPS) is 14.0. The average Bonchev–Trinajstić information content (AvgIpc) is 2.88. The zero-order chi connectivity index (χ0) is 26.7. The number of hydrogen-bond acceptors (Lipinski definition) is 9. The molecule has 37 heavy (non-hydrogen) atoms. The Morgan fingerprint density at radius 2 is 1.65 bits per heavy atom. The van der Waals surface area contributed by atoms with Crippen molar-refractivity contribution in [3.8, 4) is 17.2 Å². The summed E-state index contributed by atoms with van der Waals surface area (Å²) in [6, 6.07) is 13.8. The first-order chi connectivity index (χ1) is 17.7. The third kappa shape index (κ3) is 5.39. The summed E-state index contributed by atoms with van der Waals surface area (Å²) >= 11 is 1.07. The number of rotatable bonds is 8. The van der Waals surface area contributed by atoms with Crippen LogP contribution in [0.3, 0.4) is 0 Å². The predicted octanol–water partition coefficient (Wildman–Crippen LogP) is 4.68. The van der Waals surface area contributed by atoms with Crippen molar-refractivity contribution in [2.75, 3.05) is 26.6 Å². The summed E-state index contributed by atoms with van der Waals surface area (Å²) in [7, 11) is 0.417. The average molecular weight is 543 g/mol. The number of amides is 1. The van der Waals surface area contributed by atoms with Gasteiger partial charge in [-0.05, 0) is 48.0 Å². The lowest BCUT2D eigenvalue weighted by Gasteiger charge is -2.20. The van der Waals surface area contributed by atoms with Gasteiger partial charge in [0.15, 0.2) is 15.6 Å². The molecule has 192 valence electrons. The van der Waals surface area contributed by atoms with E-state index >= 15 is 0 Å². The van der Waals surface area contributed by atoms with E-state index in [1.54, 1.807) is 24.3 Å². The maximum atomic E-state index is 13.3. The summed E-state index contributed by atoms with van der Waals surface area (Å²) < 4.78 is 42.3. The smallest absolute Gasteiger partial charge is 0.311 e. The molecule has 0 saturated heterocycles. The van der Waals surface area contributed by atoms with Crippen molar-refractivity contribution in [3.63, 3.8) is 0 Å². The van der Waals surface area contributed by atoms with E-state index < -0.39 is 20.7 Å². The van der Waals surface area contributed by atoms with Crippen molar-refractivity contribution in [2.45, 2.75) is 15.5 Å². The Morgan fingerprint density at radius 1 is 0.973 bits per heavy atom. The number of ether oxygens (including phenoxy) is 3. The monoisotopic (exact) mass is 542 g/mol. The molecule has 0 spiro atoms. The minimum atomic E-state index is -3.82. The Kier molecular flexibility index (Phi) is 7.41. The van der Waals surface area contributed by atoms with Gasteiger partial charge in [-0.3, -0.25) is 14.9 Å². The number of thioether (sulfide) groups is 1. The lowest BCUT2D eigenvalue weighted by atomic mass is 10.1. The van der Waals surface area contributed by atoms with Crippen LogP contribution in [-0.4, -0.2) is 40.6 Å². The molecule has 12 heteroatoms. The van der Waals surface area contributed by atoms with Crippen molar-refractivity contribution in [2.24, 2.45) is 0 Å². The first-order valence-corrected chi connectivity index (χ1v) is 13.2. The van der Waals surface area contributed by atoms with Gasteiger partial charge in [0.2, 0.25) is 0 Å². The number of carbonyl (C=O) groups is 1. The lowest BCUT2D eigenvalue weighted by molar-refractivity contribution is -0.385. The summed E-state index contributed by atoms with van der Waals surface area (Å²) in [5.74, 6) is 0.113. The Hall–Kier alpha value is -4.03. The van der Waals surface area contributed by atoms with E-state index in [2.05, 4.69) is 5.32 Å². The van der Waals surface area contributed by atoms with Gasteiger partial charge in [-0.15, -0.1) is 0 Å². The second-order valence-electron chi connectivity index (χ2n) is 7.81. The van der Waals surface area contributed by atoms with Crippen LogP contribution in [0.15, 0.2) is 69.3 Å². The number of fused-ring (bicyclic) bond motifs is 1. The summed E-state index contributed by atoms with van der Waals surface area (Å²) in [4.78, 5) is 24.3. The van der Waals surface area contributed by atoms with Crippen molar-refractivity contribution >= 4 is 45.0 Å². The molecule has 3 aromatic rings. The van der Waals surface area contributed by atoms with Crippen LogP contribution in [0.25, 0.3) is 6.08 Å². The number of hydrogen-bond donors (Lipinski definition) is 1. The van der Waals surface area contributed by atoms with Gasteiger partial charge in [-0.1, -0.05) is 23.9 Å². The molecule has 1 heterocycles. The second kappa shape index (κ2) is 10.5. The summed E-state index contributed by atoms with van der Waals surface area (Å²) in [6.45, 7) is 0. The third-order valence-corrected chi connectivity index (χ3v) is 8.29. The first-order valence-electron chi connectivity index (χ1n) is 10.8. The standard InChI is InChI=1S/C25H22N2O8S2/c1-33-20-5-4-6-21(34-2)17(20)14-37(31,32)16-8-9-18-23(13-16)36-24(25(28)26-18)12-15-7-10-22(35-3)19(11-15)27(29)30/h4-13H,14H2,1-3H3,(H,26,28)/b24-12+. The largest absolute Gasteiger partial charge is 0.496 e. The molecular weight excluding hydrogens is 520 g/mol. The van der Waals surface area contributed by atoms with Crippen LogP contribution in [0.1, 0.15) is 11.1 Å². The van der Waals surface area contributed by atoms with E-state index in [-0.39, 0.29) is 27.0 Å². The molecule has 0 radical (unpaired) electrons.